The van der Waals surface area contributed by atoms with E-state index in [1.807, 2.05) is 0 Å². The number of fused-ring (bicyclic) bond motifs is 24. The van der Waals surface area contributed by atoms with E-state index in [9.17, 15) is 19.5 Å². The third-order valence-corrected chi connectivity index (χ3v) is 22.5. The smallest absolute Gasteiger partial charge is 0.155 e. The minimum atomic E-state index is -0.531. The number of aliphatic hydroxyl groups excluding tert-OH is 1. The number of Topliss-reactive ketones (excluding diaryl/α,β-unsaturated/α-hetero) is 1. The molecule has 1 heterocycles. The Balaban J connectivity index is 0.000000120. The number of carbonyl (C=O) groups is 3. The van der Waals surface area contributed by atoms with E-state index < -0.39 is 6.29 Å². The van der Waals surface area contributed by atoms with Crippen LogP contribution < -0.4 is 0 Å². The molecule has 0 aromatic rings. The first kappa shape index (κ1) is 36.0. The molecule has 12 fully saturated rings. The topological polar surface area (TPSA) is 80.7 Å². The van der Waals surface area contributed by atoms with Crippen molar-refractivity contribution in [1.29, 1.82) is 0 Å². The van der Waals surface area contributed by atoms with E-state index in [4.69, 9.17) is 4.74 Å². The Morgan fingerprint density at radius 3 is 1.69 bits per heavy atom. The molecule has 14 rings (SSSR count). The molecule has 14 aliphatic rings. The zero-order valence-corrected chi connectivity index (χ0v) is 36.2. The third kappa shape index (κ3) is 4.14. The lowest BCUT2D eigenvalue weighted by molar-refractivity contribution is -0.210. The van der Waals surface area contributed by atoms with Crippen LogP contribution in [0.15, 0.2) is 23.3 Å². The van der Waals surface area contributed by atoms with E-state index in [-0.39, 0.29) is 40.4 Å². The van der Waals surface area contributed by atoms with Gasteiger partial charge in [0, 0.05) is 37.5 Å². The molecule has 1 saturated heterocycles. The first-order valence-corrected chi connectivity index (χ1v) is 23.2. The van der Waals surface area contributed by atoms with Crippen LogP contribution in [0.1, 0.15) is 137 Å². The highest BCUT2D eigenvalue weighted by molar-refractivity contribution is 14.0. The zero-order valence-electron chi connectivity index (χ0n) is 33.8. The Labute approximate surface area is 345 Å². The molecule has 2 spiro atoms. The van der Waals surface area contributed by atoms with Gasteiger partial charge in [-0.15, -0.1) is 24.0 Å². The van der Waals surface area contributed by atoms with Crippen molar-refractivity contribution in [2.45, 2.75) is 149 Å². The maximum absolute atomic E-state index is 12.4. The number of ether oxygens (including phenoxy) is 1. The first-order chi connectivity index (χ1) is 25.8. The van der Waals surface area contributed by atoms with Gasteiger partial charge in [-0.3, -0.25) is 14.4 Å². The summed E-state index contributed by atoms with van der Waals surface area (Å²) >= 11 is 0. The predicted molar refractivity (Wildman–Crippen MR) is 219 cm³/mol. The Morgan fingerprint density at radius 2 is 1.15 bits per heavy atom. The van der Waals surface area contributed by atoms with Gasteiger partial charge in [0.05, 0.1) is 5.60 Å². The van der Waals surface area contributed by atoms with E-state index >= 15 is 0 Å². The fourth-order valence-electron chi connectivity index (χ4n) is 20.2. The molecule has 6 heteroatoms. The minimum Gasteiger partial charge on any atom is -0.368 e. The van der Waals surface area contributed by atoms with Gasteiger partial charge in [-0.2, -0.15) is 0 Å². The summed E-state index contributed by atoms with van der Waals surface area (Å²) in [5, 5.41) is 10.2. The number of hydrogen-bond donors (Lipinski definition) is 1. The highest BCUT2D eigenvalue weighted by atomic mass is 127. The predicted octanol–water partition coefficient (Wildman–Crippen LogP) is 9.69. The van der Waals surface area contributed by atoms with Gasteiger partial charge in [0.25, 0.3) is 0 Å². The molecule has 0 radical (unpaired) electrons. The Morgan fingerprint density at radius 1 is 0.600 bits per heavy atom. The molecule has 0 bridgehead atoms. The van der Waals surface area contributed by atoms with Gasteiger partial charge < -0.3 is 9.84 Å². The van der Waals surface area contributed by atoms with Crippen LogP contribution in [0, 0.1) is 110 Å². The summed E-state index contributed by atoms with van der Waals surface area (Å²) in [7, 11) is 0. The lowest BCUT2D eigenvalue weighted by Crippen LogP contribution is -2.57. The SMILES string of the molecule is C[C@]12CCC(=O)C=C1C1CC1C1C2CC[C@@]2(C)C1C1CC1[C@@]21CCC(O)O1.C[C@]12CCC(=O)C=C1[C@@H]1C[C@@H]1C1C2CC[C@@]2(C)C1[C@@H]1C[C@@H]1[C@@]21CCC(=O)C1.I. The van der Waals surface area contributed by atoms with Crippen molar-refractivity contribution in [1.82, 2.24) is 0 Å². The fourth-order valence-corrected chi connectivity index (χ4v) is 20.2. The summed E-state index contributed by atoms with van der Waals surface area (Å²) in [5.41, 5.74) is 4.69. The van der Waals surface area contributed by atoms with Crippen molar-refractivity contribution < 1.29 is 24.2 Å². The first-order valence-electron chi connectivity index (χ1n) is 23.2. The average molecular weight is 861 g/mol. The normalized spacial score (nSPS) is 62.5. The second-order valence-electron chi connectivity index (χ2n) is 23.7. The summed E-state index contributed by atoms with van der Waals surface area (Å²) in [4.78, 5) is 36.7. The van der Waals surface area contributed by atoms with Crippen LogP contribution in [0.4, 0.5) is 0 Å². The average Bonchev–Trinajstić information content (AvgIpc) is 4.00. The van der Waals surface area contributed by atoms with Crippen LogP contribution in [0.3, 0.4) is 0 Å². The summed E-state index contributed by atoms with van der Waals surface area (Å²) < 4.78 is 6.41. The van der Waals surface area contributed by atoms with Crippen LogP contribution in [0.5, 0.6) is 0 Å². The van der Waals surface area contributed by atoms with Crippen LogP contribution in [-0.4, -0.2) is 34.3 Å². The van der Waals surface area contributed by atoms with Gasteiger partial charge in [0.15, 0.2) is 17.9 Å². The molecule has 0 aromatic heterocycles. The van der Waals surface area contributed by atoms with Crippen molar-refractivity contribution in [3.05, 3.63) is 23.3 Å². The van der Waals surface area contributed by atoms with Gasteiger partial charge >= 0.3 is 0 Å². The fraction of sp³-hybridized carbons (Fsp3) is 0.857. The lowest BCUT2D eigenvalue weighted by atomic mass is 9.43. The van der Waals surface area contributed by atoms with Crippen molar-refractivity contribution in [3.8, 4) is 0 Å². The van der Waals surface area contributed by atoms with Gasteiger partial charge in [-0.1, -0.05) is 38.8 Å². The molecule has 13 aliphatic carbocycles. The van der Waals surface area contributed by atoms with E-state index in [0.29, 0.717) is 45.4 Å². The van der Waals surface area contributed by atoms with E-state index in [2.05, 4.69) is 39.8 Å². The second kappa shape index (κ2) is 10.9. The van der Waals surface area contributed by atoms with Crippen LogP contribution in [0.2, 0.25) is 0 Å². The summed E-state index contributed by atoms with van der Waals surface area (Å²) in [6.45, 7) is 10.2. The third-order valence-electron chi connectivity index (χ3n) is 22.5. The molecule has 11 saturated carbocycles. The molecule has 1 aliphatic heterocycles. The highest BCUT2D eigenvalue weighted by Crippen LogP contribution is 2.86. The summed E-state index contributed by atoms with van der Waals surface area (Å²) in [6.07, 6.45) is 22.9. The lowest BCUT2D eigenvalue weighted by Gasteiger charge is -2.60. The quantitative estimate of drug-likeness (QED) is 0.246. The van der Waals surface area contributed by atoms with Crippen molar-refractivity contribution in [2.24, 2.45) is 110 Å². The van der Waals surface area contributed by atoms with Crippen LogP contribution in [0.25, 0.3) is 0 Å². The Kier molecular flexibility index (Phi) is 7.14. The minimum absolute atomic E-state index is 0. The maximum atomic E-state index is 12.4. The number of halogens is 1. The zero-order chi connectivity index (χ0) is 36.7. The summed E-state index contributed by atoms with van der Waals surface area (Å²) in [6, 6.07) is 0. The molecule has 298 valence electrons. The molecular formula is C49H65IO5. The van der Waals surface area contributed by atoms with Crippen molar-refractivity contribution >= 4 is 41.3 Å². The molecule has 0 aromatic carbocycles. The molecule has 21 atom stereocenters. The van der Waals surface area contributed by atoms with Gasteiger partial charge in [-0.25, -0.2) is 0 Å². The molecule has 5 nitrogen and oxygen atoms in total. The number of aliphatic hydroxyl groups is 1. The number of rotatable bonds is 0. The largest absolute Gasteiger partial charge is 0.368 e. The van der Waals surface area contributed by atoms with E-state index in [1.54, 1.807) is 11.1 Å². The van der Waals surface area contributed by atoms with Gasteiger partial charge in [0.1, 0.15) is 5.78 Å². The van der Waals surface area contributed by atoms with Crippen LogP contribution in [-0.2, 0) is 19.1 Å². The van der Waals surface area contributed by atoms with E-state index in [1.165, 1.54) is 57.8 Å². The van der Waals surface area contributed by atoms with Crippen molar-refractivity contribution in [3.63, 3.8) is 0 Å². The van der Waals surface area contributed by atoms with Crippen LogP contribution >= 0.6 is 24.0 Å². The highest BCUT2D eigenvalue weighted by Gasteiger charge is 2.81. The number of allylic oxidation sites excluding steroid dienone is 2. The second-order valence-corrected chi connectivity index (χ2v) is 23.7. The molecule has 1 N–H and O–H groups in total. The number of carbonyl (C=O) groups excluding carboxylic acids is 3. The monoisotopic (exact) mass is 860 g/mol. The molecule has 11 unspecified atom stereocenters. The molecule has 0 amide bonds. The van der Waals surface area contributed by atoms with E-state index in [0.717, 1.165) is 122 Å². The number of ketones is 3. The number of hydrogen-bond acceptors (Lipinski definition) is 5. The van der Waals surface area contributed by atoms with Crippen molar-refractivity contribution in [2.75, 3.05) is 0 Å². The molecular weight excluding hydrogens is 795 g/mol. The standard InChI is InChI=1S/C25H32O2.C24H32O3.HI/c1-23-6-3-13(26)9-19(23)15-10-16(15)21-18(23)5-7-24(2)22(21)17-11-20(17)25(24)8-4-14(27)12-25;1-22-6-3-12(25)9-17(22)13-10-14(13)20-16(22)4-7-23(2)21(20)15-11-18(15)24(23)8-5-19(26)27-24;/h9,15-18,20-22H,3-8,10-12H2,1-2H3;9,13-16,18-21,26H,3-8,10-11H2,1-2H3;1H/t15-,16+,17-,18?,20+,21?,22?,23-,24+,25+;13?,14?,15?,16?,18?,19?,20?,21?,22-,23+,24+;/m11./s1. The van der Waals surface area contributed by atoms with Gasteiger partial charge in [-0.05, 0) is 194 Å². The Bertz CT molecular complexity index is 1880. The maximum Gasteiger partial charge on any atom is 0.155 e. The Hall–Kier alpha value is -0.860. The van der Waals surface area contributed by atoms with Gasteiger partial charge in [0.2, 0.25) is 0 Å². The summed E-state index contributed by atoms with van der Waals surface area (Å²) in [5.74, 6) is 12.7. The molecule has 55 heavy (non-hydrogen) atoms.